The molecule has 0 amide bonds. The third-order valence-electron chi connectivity index (χ3n) is 2.89. The SMILES string of the molecule is CC(CC(F)(F)F)n1c(CCl)nc2cc(Cl)c(F)cc21. The zero-order valence-electron chi connectivity index (χ0n) is 10.3. The van der Waals surface area contributed by atoms with E-state index in [-0.39, 0.29) is 22.2 Å². The highest BCUT2D eigenvalue weighted by Crippen LogP contribution is 2.32. The second-order valence-electron chi connectivity index (χ2n) is 4.46. The Bertz CT molecular complexity index is 636. The predicted molar refractivity (Wildman–Crippen MR) is 69.6 cm³/mol. The summed E-state index contributed by atoms with van der Waals surface area (Å²) in [7, 11) is 0. The number of alkyl halides is 4. The monoisotopic (exact) mass is 328 g/mol. The number of hydrogen-bond donors (Lipinski definition) is 0. The van der Waals surface area contributed by atoms with Crippen molar-refractivity contribution >= 4 is 34.2 Å². The first-order valence-corrected chi connectivity index (χ1v) is 6.62. The lowest BCUT2D eigenvalue weighted by molar-refractivity contribution is -0.141. The van der Waals surface area contributed by atoms with Crippen molar-refractivity contribution in [2.45, 2.75) is 31.4 Å². The quantitative estimate of drug-likeness (QED) is 0.567. The van der Waals surface area contributed by atoms with E-state index in [9.17, 15) is 17.6 Å². The van der Waals surface area contributed by atoms with Gasteiger partial charge < -0.3 is 4.57 Å². The lowest BCUT2D eigenvalue weighted by atomic mass is 10.2. The van der Waals surface area contributed by atoms with Gasteiger partial charge in [0, 0.05) is 12.1 Å². The molecule has 1 atom stereocenters. The molecule has 0 aliphatic heterocycles. The third kappa shape index (κ3) is 3.01. The van der Waals surface area contributed by atoms with Gasteiger partial charge in [-0.3, -0.25) is 0 Å². The van der Waals surface area contributed by atoms with E-state index in [4.69, 9.17) is 23.2 Å². The molecule has 1 aromatic heterocycles. The molecule has 110 valence electrons. The average molecular weight is 329 g/mol. The van der Waals surface area contributed by atoms with E-state index < -0.39 is 24.5 Å². The average Bonchev–Trinajstić information content (AvgIpc) is 2.65. The van der Waals surface area contributed by atoms with Gasteiger partial charge in [0.05, 0.1) is 28.4 Å². The number of hydrogen-bond acceptors (Lipinski definition) is 1. The van der Waals surface area contributed by atoms with Gasteiger partial charge in [0.25, 0.3) is 0 Å². The number of benzene rings is 1. The molecule has 1 aromatic carbocycles. The normalized spacial score (nSPS) is 13.9. The summed E-state index contributed by atoms with van der Waals surface area (Å²) < 4.78 is 52.4. The molecule has 0 saturated carbocycles. The number of fused-ring (bicyclic) bond motifs is 1. The number of rotatable bonds is 3. The second-order valence-corrected chi connectivity index (χ2v) is 5.13. The molecule has 2 nitrogen and oxygen atoms in total. The molecule has 2 rings (SSSR count). The Morgan fingerprint density at radius 1 is 1.35 bits per heavy atom. The van der Waals surface area contributed by atoms with Crippen LogP contribution in [0.2, 0.25) is 5.02 Å². The van der Waals surface area contributed by atoms with Gasteiger partial charge >= 0.3 is 6.18 Å². The van der Waals surface area contributed by atoms with Crippen LogP contribution in [0.4, 0.5) is 17.6 Å². The molecule has 0 radical (unpaired) electrons. The topological polar surface area (TPSA) is 17.8 Å². The van der Waals surface area contributed by atoms with Gasteiger partial charge in [-0.25, -0.2) is 9.37 Å². The van der Waals surface area contributed by atoms with E-state index in [1.807, 2.05) is 0 Å². The third-order valence-corrected chi connectivity index (χ3v) is 3.42. The maximum absolute atomic E-state index is 13.5. The fourth-order valence-corrected chi connectivity index (χ4v) is 2.50. The molecule has 0 N–H and O–H groups in total. The van der Waals surface area contributed by atoms with Crippen molar-refractivity contribution in [3.8, 4) is 0 Å². The van der Waals surface area contributed by atoms with Crippen LogP contribution in [0.3, 0.4) is 0 Å². The Morgan fingerprint density at radius 3 is 2.55 bits per heavy atom. The molecule has 8 heteroatoms. The minimum atomic E-state index is -4.33. The van der Waals surface area contributed by atoms with Crippen LogP contribution in [0, 0.1) is 5.82 Å². The molecular formula is C12H10Cl2F4N2. The molecule has 20 heavy (non-hydrogen) atoms. The van der Waals surface area contributed by atoms with E-state index in [0.717, 1.165) is 6.07 Å². The van der Waals surface area contributed by atoms with Gasteiger partial charge in [-0.1, -0.05) is 11.6 Å². The number of imidazole rings is 1. The molecule has 0 saturated heterocycles. The number of halogens is 6. The van der Waals surface area contributed by atoms with Crippen LogP contribution >= 0.6 is 23.2 Å². The molecular weight excluding hydrogens is 319 g/mol. The maximum atomic E-state index is 13.5. The summed E-state index contributed by atoms with van der Waals surface area (Å²) in [6.07, 6.45) is -5.38. The van der Waals surface area contributed by atoms with E-state index in [0.29, 0.717) is 5.52 Å². The maximum Gasteiger partial charge on any atom is 0.391 e. The van der Waals surface area contributed by atoms with Crippen molar-refractivity contribution in [2.75, 3.05) is 0 Å². The van der Waals surface area contributed by atoms with Gasteiger partial charge in [-0.05, 0) is 13.0 Å². The first-order valence-electron chi connectivity index (χ1n) is 5.71. The highest BCUT2D eigenvalue weighted by molar-refractivity contribution is 6.31. The zero-order valence-corrected chi connectivity index (χ0v) is 11.8. The zero-order chi connectivity index (χ0) is 15.1. The molecule has 0 bridgehead atoms. The van der Waals surface area contributed by atoms with Crippen LogP contribution in [0.15, 0.2) is 12.1 Å². The summed E-state index contributed by atoms with van der Waals surface area (Å²) >= 11 is 11.3. The first-order chi connectivity index (χ1) is 9.23. The molecule has 0 aliphatic rings. The number of aromatic nitrogens is 2. The van der Waals surface area contributed by atoms with Crippen molar-refractivity contribution in [3.05, 3.63) is 28.8 Å². The standard InChI is InChI=1S/C12H10Cl2F4N2/c1-6(4-12(16,17)18)20-10-3-8(15)7(14)2-9(10)19-11(20)5-13/h2-3,6H,4-5H2,1H3. The summed E-state index contributed by atoms with van der Waals surface area (Å²) in [5, 5.41) is -0.133. The van der Waals surface area contributed by atoms with Crippen LogP contribution in [-0.4, -0.2) is 15.7 Å². The lowest BCUT2D eigenvalue weighted by Crippen LogP contribution is -2.18. The summed E-state index contributed by atoms with van der Waals surface area (Å²) in [5.41, 5.74) is 0.570. The van der Waals surface area contributed by atoms with Gasteiger partial charge in [-0.15, -0.1) is 11.6 Å². The first kappa shape index (κ1) is 15.4. The molecule has 0 fully saturated rings. The van der Waals surface area contributed by atoms with Crippen LogP contribution in [0.1, 0.15) is 25.2 Å². The minimum absolute atomic E-state index is 0.0733. The Hall–Kier alpha value is -1.01. The van der Waals surface area contributed by atoms with Crippen molar-refractivity contribution in [2.24, 2.45) is 0 Å². The predicted octanol–water partition coefficient (Wildman–Crippen LogP) is 5.08. The van der Waals surface area contributed by atoms with Gasteiger partial charge in [0.2, 0.25) is 0 Å². The van der Waals surface area contributed by atoms with Gasteiger partial charge in [0.15, 0.2) is 0 Å². The van der Waals surface area contributed by atoms with Crippen LogP contribution in [-0.2, 0) is 5.88 Å². The van der Waals surface area contributed by atoms with Gasteiger partial charge in [0.1, 0.15) is 11.6 Å². The summed E-state index contributed by atoms with van der Waals surface area (Å²) in [5.74, 6) is -0.531. The Balaban J connectivity index is 2.58. The van der Waals surface area contributed by atoms with Gasteiger partial charge in [-0.2, -0.15) is 13.2 Å². The molecule has 0 aliphatic carbocycles. The van der Waals surface area contributed by atoms with E-state index in [2.05, 4.69) is 4.98 Å². The fourth-order valence-electron chi connectivity index (χ4n) is 2.15. The van der Waals surface area contributed by atoms with Crippen molar-refractivity contribution in [3.63, 3.8) is 0 Å². The Morgan fingerprint density at radius 2 is 2.00 bits per heavy atom. The Kier molecular flexibility index (Phi) is 4.16. The Labute approximate surface area is 122 Å². The second kappa shape index (κ2) is 5.41. The summed E-state index contributed by atoms with van der Waals surface area (Å²) in [6, 6.07) is 1.42. The highest BCUT2D eigenvalue weighted by Gasteiger charge is 2.32. The smallest absolute Gasteiger partial charge is 0.324 e. The molecule has 1 heterocycles. The number of nitrogens with zero attached hydrogens (tertiary/aromatic N) is 2. The van der Waals surface area contributed by atoms with Crippen LogP contribution in [0.25, 0.3) is 11.0 Å². The molecule has 1 unspecified atom stereocenters. The lowest BCUT2D eigenvalue weighted by Gasteiger charge is -2.18. The van der Waals surface area contributed by atoms with Crippen molar-refractivity contribution in [1.82, 2.24) is 9.55 Å². The van der Waals surface area contributed by atoms with E-state index in [1.54, 1.807) is 0 Å². The minimum Gasteiger partial charge on any atom is -0.324 e. The molecule has 0 spiro atoms. The van der Waals surface area contributed by atoms with Crippen molar-refractivity contribution < 1.29 is 17.6 Å². The summed E-state index contributed by atoms with van der Waals surface area (Å²) in [6.45, 7) is 1.39. The summed E-state index contributed by atoms with van der Waals surface area (Å²) in [4.78, 5) is 4.10. The van der Waals surface area contributed by atoms with Crippen molar-refractivity contribution in [1.29, 1.82) is 0 Å². The largest absolute Gasteiger partial charge is 0.391 e. The van der Waals surface area contributed by atoms with Crippen LogP contribution in [0.5, 0.6) is 0 Å². The fraction of sp³-hybridized carbons (Fsp3) is 0.417. The highest BCUT2D eigenvalue weighted by atomic mass is 35.5. The van der Waals surface area contributed by atoms with E-state index >= 15 is 0 Å². The van der Waals surface area contributed by atoms with E-state index in [1.165, 1.54) is 17.6 Å². The molecule has 2 aromatic rings. The van der Waals surface area contributed by atoms with Crippen LogP contribution < -0.4 is 0 Å².